The summed E-state index contributed by atoms with van der Waals surface area (Å²) in [7, 11) is 0. The normalized spacial score (nSPS) is 10.1. The molecule has 0 heterocycles. The monoisotopic (exact) mass is 245 g/mol. The number of fused-ring (bicyclic) bond motifs is 1. The van der Waals surface area contributed by atoms with Crippen LogP contribution >= 0.6 is 0 Å². The molecule has 0 spiro atoms. The minimum absolute atomic E-state index is 0.654. The van der Waals surface area contributed by atoms with Gasteiger partial charge < -0.3 is 0 Å². The lowest BCUT2D eigenvalue weighted by Crippen LogP contribution is -1.81. The first kappa shape index (κ1) is 11.3. The Balaban J connectivity index is 2.34. The van der Waals surface area contributed by atoms with Crippen LogP contribution in [0.1, 0.15) is 0 Å². The SMILES string of the molecule is [N-]=[N+]=Nc1ccccc1-c1cccc2ccccc12. The van der Waals surface area contributed by atoms with Crippen molar-refractivity contribution in [3.05, 3.63) is 77.2 Å². The largest absolute Gasteiger partial charge is 0.0618 e. The van der Waals surface area contributed by atoms with Crippen molar-refractivity contribution in [1.29, 1.82) is 0 Å². The molecule has 0 atom stereocenters. The van der Waals surface area contributed by atoms with E-state index < -0.39 is 0 Å². The number of hydrogen-bond donors (Lipinski definition) is 0. The average Bonchev–Trinajstić information content (AvgIpc) is 2.48. The summed E-state index contributed by atoms with van der Waals surface area (Å²) in [5.74, 6) is 0. The molecule has 0 N–H and O–H groups in total. The van der Waals surface area contributed by atoms with E-state index in [9.17, 15) is 0 Å². The highest BCUT2D eigenvalue weighted by Gasteiger charge is 2.06. The fraction of sp³-hybridized carbons (Fsp3) is 0. The lowest BCUT2D eigenvalue weighted by Gasteiger charge is -2.09. The molecule has 0 amide bonds. The van der Waals surface area contributed by atoms with Gasteiger partial charge in [-0.3, -0.25) is 0 Å². The van der Waals surface area contributed by atoms with Crippen molar-refractivity contribution in [2.45, 2.75) is 0 Å². The van der Waals surface area contributed by atoms with Crippen LogP contribution in [0.15, 0.2) is 71.8 Å². The van der Waals surface area contributed by atoms with Crippen molar-refractivity contribution in [2.75, 3.05) is 0 Å². The Labute approximate surface area is 110 Å². The van der Waals surface area contributed by atoms with Gasteiger partial charge in [0, 0.05) is 10.6 Å². The summed E-state index contributed by atoms with van der Waals surface area (Å²) >= 11 is 0. The van der Waals surface area contributed by atoms with E-state index in [1.165, 1.54) is 5.39 Å². The molecule has 3 nitrogen and oxygen atoms in total. The maximum Gasteiger partial charge on any atom is 0.0453 e. The molecular formula is C16H11N3. The van der Waals surface area contributed by atoms with Gasteiger partial charge >= 0.3 is 0 Å². The highest BCUT2D eigenvalue weighted by Crippen LogP contribution is 2.34. The van der Waals surface area contributed by atoms with E-state index in [4.69, 9.17) is 5.53 Å². The maximum atomic E-state index is 8.66. The van der Waals surface area contributed by atoms with Crippen molar-refractivity contribution < 1.29 is 0 Å². The van der Waals surface area contributed by atoms with E-state index >= 15 is 0 Å². The van der Waals surface area contributed by atoms with Gasteiger partial charge in [0.15, 0.2) is 0 Å². The zero-order chi connectivity index (χ0) is 13.1. The predicted octanol–water partition coefficient (Wildman–Crippen LogP) is 5.45. The van der Waals surface area contributed by atoms with E-state index in [1.54, 1.807) is 0 Å². The van der Waals surface area contributed by atoms with Gasteiger partial charge in [-0.1, -0.05) is 71.8 Å². The topological polar surface area (TPSA) is 48.8 Å². The Hall–Kier alpha value is -2.77. The molecule has 0 radical (unpaired) electrons. The lowest BCUT2D eigenvalue weighted by atomic mass is 9.97. The summed E-state index contributed by atoms with van der Waals surface area (Å²) in [6, 6.07) is 22.0. The molecular weight excluding hydrogens is 234 g/mol. The third-order valence-corrected chi connectivity index (χ3v) is 3.14. The Morgan fingerprint density at radius 1 is 0.737 bits per heavy atom. The third-order valence-electron chi connectivity index (χ3n) is 3.14. The number of hydrogen-bond acceptors (Lipinski definition) is 1. The minimum Gasteiger partial charge on any atom is -0.0618 e. The van der Waals surface area contributed by atoms with Gasteiger partial charge in [-0.05, 0) is 27.4 Å². The minimum atomic E-state index is 0.654. The van der Waals surface area contributed by atoms with E-state index in [0.717, 1.165) is 16.5 Å². The Morgan fingerprint density at radius 2 is 1.42 bits per heavy atom. The van der Waals surface area contributed by atoms with Gasteiger partial charge in [-0.25, -0.2) is 0 Å². The molecule has 19 heavy (non-hydrogen) atoms. The first-order valence-corrected chi connectivity index (χ1v) is 6.02. The number of azide groups is 1. The summed E-state index contributed by atoms with van der Waals surface area (Å²) in [6.45, 7) is 0. The van der Waals surface area contributed by atoms with E-state index in [1.807, 2.05) is 48.5 Å². The van der Waals surface area contributed by atoms with Crippen LogP contribution in [0.2, 0.25) is 0 Å². The first-order chi connectivity index (χ1) is 9.40. The maximum absolute atomic E-state index is 8.66. The molecule has 0 saturated heterocycles. The molecule has 3 rings (SSSR count). The average molecular weight is 245 g/mol. The molecule has 3 heteroatoms. The van der Waals surface area contributed by atoms with Crippen molar-refractivity contribution in [2.24, 2.45) is 5.11 Å². The van der Waals surface area contributed by atoms with Crippen LogP contribution in [0, 0.1) is 0 Å². The van der Waals surface area contributed by atoms with Gasteiger partial charge in [0.1, 0.15) is 0 Å². The third kappa shape index (κ3) is 2.03. The fourth-order valence-corrected chi connectivity index (χ4v) is 2.30. The van der Waals surface area contributed by atoms with Crippen LogP contribution in [-0.2, 0) is 0 Å². The van der Waals surface area contributed by atoms with Crippen LogP contribution in [0.3, 0.4) is 0 Å². The molecule has 0 aliphatic heterocycles. The molecule has 0 unspecified atom stereocenters. The molecule has 3 aromatic carbocycles. The zero-order valence-corrected chi connectivity index (χ0v) is 10.2. The van der Waals surface area contributed by atoms with Crippen molar-refractivity contribution >= 4 is 16.5 Å². The number of rotatable bonds is 2. The molecule has 90 valence electrons. The second-order valence-electron chi connectivity index (χ2n) is 4.23. The van der Waals surface area contributed by atoms with Crippen LogP contribution in [0.5, 0.6) is 0 Å². The van der Waals surface area contributed by atoms with Crippen LogP contribution in [-0.4, -0.2) is 0 Å². The summed E-state index contributed by atoms with van der Waals surface area (Å²) in [4.78, 5) is 2.90. The Morgan fingerprint density at radius 3 is 2.32 bits per heavy atom. The second kappa shape index (κ2) is 4.84. The Bertz CT molecular complexity index is 781. The van der Waals surface area contributed by atoms with Crippen molar-refractivity contribution in [3.8, 4) is 11.1 Å². The molecule has 0 aromatic heterocycles. The van der Waals surface area contributed by atoms with Gasteiger partial charge in [-0.15, -0.1) is 0 Å². The second-order valence-corrected chi connectivity index (χ2v) is 4.23. The number of nitrogens with zero attached hydrogens (tertiary/aromatic N) is 3. The molecule has 0 aliphatic carbocycles. The van der Waals surface area contributed by atoms with Gasteiger partial charge in [-0.2, -0.15) is 0 Å². The highest BCUT2D eigenvalue weighted by molar-refractivity contribution is 5.99. The summed E-state index contributed by atoms with van der Waals surface area (Å²) in [5.41, 5.74) is 11.4. The van der Waals surface area contributed by atoms with Crippen molar-refractivity contribution in [3.63, 3.8) is 0 Å². The molecule has 0 aliphatic rings. The smallest absolute Gasteiger partial charge is 0.0453 e. The van der Waals surface area contributed by atoms with Gasteiger partial charge in [0.25, 0.3) is 0 Å². The lowest BCUT2D eigenvalue weighted by molar-refractivity contribution is 1.47. The van der Waals surface area contributed by atoms with Crippen LogP contribution in [0.25, 0.3) is 32.3 Å². The van der Waals surface area contributed by atoms with Crippen LogP contribution < -0.4 is 0 Å². The summed E-state index contributed by atoms with van der Waals surface area (Å²) < 4.78 is 0. The summed E-state index contributed by atoms with van der Waals surface area (Å²) in [5, 5.41) is 6.10. The van der Waals surface area contributed by atoms with Gasteiger partial charge in [0.05, 0.1) is 0 Å². The van der Waals surface area contributed by atoms with Crippen molar-refractivity contribution in [1.82, 2.24) is 0 Å². The number of benzene rings is 3. The Kier molecular flexibility index (Phi) is 2.89. The zero-order valence-electron chi connectivity index (χ0n) is 10.2. The quantitative estimate of drug-likeness (QED) is 0.327. The standard InChI is InChI=1S/C16H11N3/c17-19-18-16-11-4-3-9-15(16)14-10-5-7-12-6-1-2-8-13(12)14/h1-11H. The highest BCUT2D eigenvalue weighted by atomic mass is 15.1. The first-order valence-electron chi connectivity index (χ1n) is 6.02. The van der Waals surface area contributed by atoms with E-state index in [-0.39, 0.29) is 0 Å². The molecule has 0 fully saturated rings. The van der Waals surface area contributed by atoms with Gasteiger partial charge in [0.2, 0.25) is 0 Å². The predicted molar refractivity (Wildman–Crippen MR) is 78.2 cm³/mol. The fourth-order valence-electron chi connectivity index (χ4n) is 2.30. The van der Waals surface area contributed by atoms with E-state index in [2.05, 4.69) is 28.2 Å². The van der Waals surface area contributed by atoms with Crippen LogP contribution in [0.4, 0.5) is 5.69 Å². The van der Waals surface area contributed by atoms with E-state index in [0.29, 0.717) is 5.69 Å². The molecule has 3 aromatic rings. The molecule has 0 saturated carbocycles. The summed E-state index contributed by atoms with van der Waals surface area (Å²) in [6.07, 6.45) is 0. The molecule has 0 bridgehead atoms.